The molecule has 0 amide bonds. The van der Waals surface area contributed by atoms with Crippen LogP contribution in [0.4, 0.5) is 0 Å². The Hall–Kier alpha value is -0.920. The molecule has 0 radical (unpaired) electrons. The van der Waals surface area contributed by atoms with Crippen molar-refractivity contribution in [3.8, 4) is 0 Å². The second kappa shape index (κ2) is 6.13. The monoisotopic (exact) mass is 321 g/mol. The Balaban J connectivity index is 3.02. The third-order valence-corrected chi connectivity index (χ3v) is 4.70. The van der Waals surface area contributed by atoms with Gasteiger partial charge in [-0.05, 0) is 5.56 Å². The molecule has 0 aliphatic heterocycles. The van der Waals surface area contributed by atoms with Crippen LogP contribution < -0.4 is 4.72 Å². The number of hydrogen-bond acceptors (Lipinski definition) is 4. The first kappa shape index (κ1) is 14.1. The quantitative estimate of drug-likeness (QED) is 0.652. The SMILES string of the molecule is COC(=O)C(NS(=O)(=O)CBr)c1ccccc1. The van der Waals surface area contributed by atoms with Gasteiger partial charge < -0.3 is 4.74 Å². The Morgan fingerprint density at radius 1 is 1.41 bits per heavy atom. The van der Waals surface area contributed by atoms with Gasteiger partial charge in [-0.15, -0.1) is 0 Å². The molecule has 5 nitrogen and oxygen atoms in total. The van der Waals surface area contributed by atoms with Gasteiger partial charge in [-0.1, -0.05) is 46.3 Å². The maximum absolute atomic E-state index is 11.5. The van der Waals surface area contributed by atoms with Gasteiger partial charge in [0, 0.05) is 0 Å². The van der Waals surface area contributed by atoms with Crippen molar-refractivity contribution in [1.82, 2.24) is 4.72 Å². The fraction of sp³-hybridized carbons (Fsp3) is 0.300. The van der Waals surface area contributed by atoms with Gasteiger partial charge in [-0.25, -0.2) is 13.2 Å². The van der Waals surface area contributed by atoms with Crippen molar-refractivity contribution in [3.63, 3.8) is 0 Å². The fourth-order valence-electron chi connectivity index (χ4n) is 1.23. The highest BCUT2D eigenvalue weighted by molar-refractivity contribution is 9.10. The van der Waals surface area contributed by atoms with E-state index in [1.54, 1.807) is 30.3 Å². The number of nitrogens with one attached hydrogen (secondary N) is 1. The lowest BCUT2D eigenvalue weighted by molar-refractivity contribution is -0.142. The third-order valence-electron chi connectivity index (χ3n) is 2.01. The fourth-order valence-corrected chi connectivity index (χ4v) is 2.28. The van der Waals surface area contributed by atoms with Gasteiger partial charge in [-0.3, -0.25) is 0 Å². The van der Waals surface area contributed by atoms with Crippen LogP contribution in [0.15, 0.2) is 30.3 Å². The summed E-state index contributed by atoms with van der Waals surface area (Å²) in [5.41, 5.74) is 0.531. The van der Waals surface area contributed by atoms with E-state index >= 15 is 0 Å². The number of rotatable bonds is 5. The van der Waals surface area contributed by atoms with Crippen LogP contribution in [0.1, 0.15) is 11.6 Å². The molecule has 1 atom stereocenters. The molecule has 1 unspecified atom stereocenters. The molecular weight excluding hydrogens is 310 g/mol. The number of carbonyl (C=O) groups excluding carboxylic acids is 1. The van der Waals surface area contributed by atoms with Crippen molar-refractivity contribution < 1.29 is 17.9 Å². The summed E-state index contributed by atoms with van der Waals surface area (Å²) in [5.74, 6) is -0.652. The predicted octanol–water partition coefficient (Wildman–Crippen LogP) is 1.17. The summed E-state index contributed by atoms with van der Waals surface area (Å²) in [6, 6.07) is 7.48. The molecule has 1 rings (SSSR count). The Labute approximate surface area is 108 Å². The van der Waals surface area contributed by atoms with Crippen LogP contribution in [0.2, 0.25) is 0 Å². The Kier molecular flexibility index (Phi) is 5.10. The maximum atomic E-state index is 11.5. The zero-order chi connectivity index (χ0) is 12.9. The molecule has 0 spiro atoms. The van der Waals surface area contributed by atoms with Crippen LogP contribution in [0.3, 0.4) is 0 Å². The van der Waals surface area contributed by atoms with Gasteiger partial charge in [0.25, 0.3) is 0 Å². The molecular formula is C10H12BrNO4S. The number of esters is 1. The molecule has 1 N–H and O–H groups in total. The number of methoxy groups -OCH3 is 1. The van der Waals surface area contributed by atoms with Crippen LogP contribution in [0.5, 0.6) is 0 Å². The lowest BCUT2D eigenvalue weighted by Gasteiger charge is -2.15. The Morgan fingerprint density at radius 2 is 2.00 bits per heavy atom. The van der Waals surface area contributed by atoms with E-state index in [9.17, 15) is 13.2 Å². The molecule has 0 heterocycles. The van der Waals surface area contributed by atoms with Crippen LogP contribution in [0.25, 0.3) is 0 Å². The lowest BCUT2D eigenvalue weighted by Crippen LogP contribution is -2.34. The van der Waals surface area contributed by atoms with Crippen LogP contribution >= 0.6 is 15.9 Å². The molecule has 0 aliphatic rings. The number of carbonyl (C=O) groups is 1. The second-order valence-corrected chi connectivity index (χ2v) is 6.27. The number of benzene rings is 1. The Morgan fingerprint density at radius 3 is 2.47 bits per heavy atom. The van der Waals surface area contributed by atoms with Crippen LogP contribution in [-0.2, 0) is 19.6 Å². The first-order chi connectivity index (χ1) is 8.00. The third kappa shape index (κ3) is 4.10. The van der Waals surface area contributed by atoms with Crippen LogP contribution in [0, 0.1) is 0 Å². The molecule has 0 saturated heterocycles. The zero-order valence-electron chi connectivity index (χ0n) is 9.09. The summed E-state index contributed by atoms with van der Waals surface area (Å²) in [6.45, 7) is 0. The molecule has 1 aromatic carbocycles. The van der Waals surface area contributed by atoms with Gasteiger partial charge >= 0.3 is 5.97 Å². The zero-order valence-corrected chi connectivity index (χ0v) is 11.5. The topological polar surface area (TPSA) is 72.5 Å². The minimum atomic E-state index is -3.56. The molecule has 1 aromatic rings. The maximum Gasteiger partial charge on any atom is 0.328 e. The summed E-state index contributed by atoms with van der Waals surface area (Å²) >= 11 is 2.84. The number of sulfonamides is 1. The summed E-state index contributed by atoms with van der Waals surface area (Å²) in [6.07, 6.45) is 0. The van der Waals surface area contributed by atoms with Crippen molar-refractivity contribution in [1.29, 1.82) is 0 Å². The van der Waals surface area contributed by atoms with E-state index in [0.717, 1.165) is 0 Å². The van der Waals surface area contributed by atoms with Crippen molar-refractivity contribution >= 4 is 31.9 Å². The van der Waals surface area contributed by atoms with Gasteiger partial charge in [0.15, 0.2) is 0 Å². The highest BCUT2D eigenvalue weighted by Crippen LogP contribution is 2.15. The summed E-state index contributed by atoms with van der Waals surface area (Å²) < 4.78 is 29.4. The van der Waals surface area contributed by atoms with Crippen molar-refractivity contribution in [2.75, 3.05) is 11.8 Å². The summed E-state index contributed by atoms with van der Waals surface area (Å²) in [7, 11) is -2.35. The number of ether oxygens (including phenoxy) is 1. The predicted molar refractivity (Wildman–Crippen MR) is 67.0 cm³/mol. The summed E-state index contributed by atoms with van der Waals surface area (Å²) in [5, 5.41) is 0. The minimum Gasteiger partial charge on any atom is -0.468 e. The first-order valence-electron chi connectivity index (χ1n) is 4.69. The van der Waals surface area contributed by atoms with E-state index in [0.29, 0.717) is 5.56 Å². The van der Waals surface area contributed by atoms with Gasteiger partial charge in [0.05, 0.1) is 7.11 Å². The molecule has 0 saturated carbocycles. The van der Waals surface area contributed by atoms with E-state index in [2.05, 4.69) is 25.4 Å². The minimum absolute atomic E-state index is 0.277. The average Bonchev–Trinajstić information content (AvgIpc) is 2.36. The smallest absolute Gasteiger partial charge is 0.328 e. The van der Waals surface area contributed by atoms with Crippen molar-refractivity contribution in [2.45, 2.75) is 6.04 Å². The lowest BCUT2D eigenvalue weighted by atomic mass is 10.1. The van der Waals surface area contributed by atoms with Crippen molar-refractivity contribution in [2.24, 2.45) is 0 Å². The number of hydrogen-bond donors (Lipinski definition) is 1. The van der Waals surface area contributed by atoms with Crippen LogP contribution in [-0.4, -0.2) is 26.2 Å². The molecule has 94 valence electrons. The molecule has 0 bridgehead atoms. The highest BCUT2D eigenvalue weighted by Gasteiger charge is 2.25. The van der Waals surface area contributed by atoms with E-state index in [1.165, 1.54) is 7.11 Å². The van der Waals surface area contributed by atoms with Gasteiger partial charge in [-0.2, -0.15) is 4.72 Å². The molecule has 0 fully saturated rings. The van der Waals surface area contributed by atoms with Gasteiger partial charge in [0.2, 0.25) is 10.0 Å². The van der Waals surface area contributed by atoms with E-state index in [1.807, 2.05) is 0 Å². The van der Waals surface area contributed by atoms with Gasteiger partial charge in [0.1, 0.15) is 10.7 Å². The largest absolute Gasteiger partial charge is 0.468 e. The number of halogens is 1. The molecule has 17 heavy (non-hydrogen) atoms. The van der Waals surface area contributed by atoms with E-state index in [4.69, 9.17) is 0 Å². The number of alkyl halides is 1. The standard InChI is InChI=1S/C10H12BrNO4S/c1-16-10(13)9(12-17(14,15)7-11)8-5-3-2-4-6-8/h2-6,9,12H,7H2,1H3. The van der Waals surface area contributed by atoms with E-state index < -0.39 is 22.0 Å². The molecule has 0 aromatic heterocycles. The molecule has 0 aliphatic carbocycles. The normalized spacial score (nSPS) is 13.1. The highest BCUT2D eigenvalue weighted by atomic mass is 79.9. The van der Waals surface area contributed by atoms with Crippen molar-refractivity contribution in [3.05, 3.63) is 35.9 Å². The molecule has 7 heteroatoms. The second-order valence-electron chi connectivity index (χ2n) is 3.21. The average molecular weight is 322 g/mol. The summed E-state index contributed by atoms with van der Waals surface area (Å²) in [4.78, 5) is 11.5. The Bertz CT molecular complexity index is 474. The first-order valence-corrected chi connectivity index (χ1v) is 7.46. The van der Waals surface area contributed by atoms with E-state index in [-0.39, 0.29) is 4.66 Å².